The molecule has 1 atom stereocenters. The number of hydrogen-bond acceptors (Lipinski definition) is 4. The molecule has 2 heterocycles. The molecule has 1 aliphatic heterocycles. The lowest BCUT2D eigenvalue weighted by Crippen LogP contribution is -2.42. The van der Waals surface area contributed by atoms with Crippen LogP contribution in [0.25, 0.3) is 10.1 Å². The van der Waals surface area contributed by atoms with Crippen LogP contribution in [0.4, 0.5) is 5.69 Å². The summed E-state index contributed by atoms with van der Waals surface area (Å²) >= 11 is 7.60. The lowest BCUT2D eigenvalue weighted by atomic mass is 10.1. The van der Waals surface area contributed by atoms with Crippen LogP contribution < -0.4 is 5.73 Å². The minimum Gasteiger partial charge on any atom is -0.397 e. The van der Waals surface area contributed by atoms with E-state index in [0.717, 1.165) is 29.5 Å². The van der Waals surface area contributed by atoms with Gasteiger partial charge in [-0.2, -0.15) is 0 Å². The molecule has 1 amide bonds. The number of hydrogen-bond donors (Lipinski definition) is 1. The number of fused-ring (bicyclic) bond motifs is 1. The molecule has 2 N–H and O–H groups in total. The molecule has 0 bridgehead atoms. The number of piperidine rings is 1. The van der Waals surface area contributed by atoms with Crippen molar-refractivity contribution in [1.82, 2.24) is 4.90 Å². The fourth-order valence-corrected chi connectivity index (χ4v) is 4.20. The van der Waals surface area contributed by atoms with E-state index in [2.05, 4.69) is 0 Å². The molecule has 112 valence electrons. The zero-order chi connectivity index (χ0) is 15.0. The van der Waals surface area contributed by atoms with Crippen molar-refractivity contribution in [2.24, 2.45) is 0 Å². The van der Waals surface area contributed by atoms with E-state index in [1.807, 2.05) is 17.0 Å². The lowest BCUT2D eigenvalue weighted by molar-refractivity contribution is 0.0272. The Balaban J connectivity index is 1.95. The van der Waals surface area contributed by atoms with E-state index in [-0.39, 0.29) is 12.0 Å². The van der Waals surface area contributed by atoms with Crippen LogP contribution in [0, 0.1) is 0 Å². The molecule has 0 radical (unpaired) electrons. The lowest BCUT2D eigenvalue weighted by Gasteiger charge is -2.31. The van der Waals surface area contributed by atoms with Crippen LogP contribution >= 0.6 is 22.9 Å². The summed E-state index contributed by atoms with van der Waals surface area (Å²) in [5, 5.41) is 1.38. The number of nitrogen functional groups attached to an aromatic ring is 1. The van der Waals surface area contributed by atoms with E-state index in [1.165, 1.54) is 11.3 Å². The van der Waals surface area contributed by atoms with E-state index in [9.17, 15) is 4.79 Å². The van der Waals surface area contributed by atoms with Crippen molar-refractivity contribution >= 4 is 44.6 Å². The van der Waals surface area contributed by atoms with Crippen LogP contribution in [-0.4, -0.2) is 37.1 Å². The van der Waals surface area contributed by atoms with Crippen LogP contribution in [-0.2, 0) is 4.74 Å². The number of thiophene rings is 1. The molecule has 1 unspecified atom stereocenters. The Labute approximate surface area is 132 Å². The number of rotatable bonds is 2. The molecule has 1 aliphatic rings. The fourth-order valence-electron chi connectivity index (χ4n) is 2.75. The standard InChI is InChI=1S/C15H17ClN2O2S/c1-20-9-4-3-7-18(8-9)15(19)14-13(17)12-10(16)5-2-6-11(12)21-14/h2,5-6,9H,3-4,7-8,17H2,1H3. The Kier molecular flexibility index (Phi) is 4.06. The Bertz CT molecular complexity index is 686. The highest BCUT2D eigenvalue weighted by Crippen LogP contribution is 2.38. The average molecular weight is 325 g/mol. The first kappa shape index (κ1) is 14.6. The van der Waals surface area contributed by atoms with Gasteiger partial charge in [-0.15, -0.1) is 11.3 Å². The summed E-state index contributed by atoms with van der Waals surface area (Å²) in [7, 11) is 1.69. The van der Waals surface area contributed by atoms with Gasteiger partial charge in [0.2, 0.25) is 0 Å². The minimum atomic E-state index is -0.0217. The normalized spacial score (nSPS) is 19.1. The largest absolute Gasteiger partial charge is 0.397 e. The van der Waals surface area contributed by atoms with Gasteiger partial charge in [-0.25, -0.2) is 0 Å². The Hall–Kier alpha value is -1.30. The van der Waals surface area contributed by atoms with Crippen LogP contribution in [0.1, 0.15) is 22.5 Å². The third-order valence-corrected chi connectivity index (χ3v) is 5.37. The van der Waals surface area contributed by atoms with Gasteiger partial charge in [0.15, 0.2) is 0 Å². The molecule has 2 aromatic rings. The Morgan fingerprint density at radius 2 is 2.33 bits per heavy atom. The van der Waals surface area contributed by atoms with E-state index in [1.54, 1.807) is 13.2 Å². The smallest absolute Gasteiger partial charge is 0.266 e. The Morgan fingerprint density at radius 1 is 1.52 bits per heavy atom. The number of amides is 1. The Morgan fingerprint density at radius 3 is 3.05 bits per heavy atom. The average Bonchev–Trinajstić information content (AvgIpc) is 2.85. The summed E-state index contributed by atoms with van der Waals surface area (Å²) in [6.45, 7) is 1.37. The third-order valence-electron chi connectivity index (χ3n) is 3.89. The van der Waals surface area contributed by atoms with E-state index in [0.29, 0.717) is 22.1 Å². The maximum Gasteiger partial charge on any atom is 0.266 e. The van der Waals surface area contributed by atoms with E-state index >= 15 is 0 Å². The SMILES string of the molecule is COC1CCCN(C(=O)c2sc3cccc(Cl)c3c2N)C1. The van der Waals surface area contributed by atoms with Crippen LogP contribution in [0.15, 0.2) is 18.2 Å². The van der Waals surface area contributed by atoms with Crippen LogP contribution in [0.2, 0.25) is 5.02 Å². The molecule has 1 aromatic carbocycles. The summed E-state index contributed by atoms with van der Waals surface area (Å²) < 4.78 is 6.32. The number of ether oxygens (including phenoxy) is 1. The first-order valence-corrected chi connectivity index (χ1v) is 8.10. The van der Waals surface area contributed by atoms with Crippen LogP contribution in [0.5, 0.6) is 0 Å². The highest BCUT2D eigenvalue weighted by atomic mass is 35.5. The van der Waals surface area contributed by atoms with Crippen molar-refractivity contribution in [3.63, 3.8) is 0 Å². The second kappa shape index (κ2) is 5.83. The molecular weight excluding hydrogens is 308 g/mol. The molecule has 4 nitrogen and oxygen atoms in total. The number of carbonyl (C=O) groups excluding carboxylic acids is 1. The van der Waals surface area contributed by atoms with Crippen molar-refractivity contribution in [1.29, 1.82) is 0 Å². The maximum absolute atomic E-state index is 12.7. The second-order valence-corrected chi connectivity index (χ2v) is 6.67. The number of likely N-dealkylation sites (tertiary alicyclic amines) is 1. The van der Waals surface area contributed by atoms with E-state index in [4.69, 9.17) is 22.1 Å². The first-order valence-electron chi connectivity index (χ1n) is 6.90. The summed E-state index contributed by atoms with van der Waals surface area (Å²) in [5.41, 5.74) is 6.65. The van der Waals surface area contributed by atoms with Gasteiger partial charge in [0.05, 0.1) is 16.8 Å². The van der Waals surface area contributed by atoms with Gasteiger partial charge in [-0.1, -0.05) is 17.7 Å². The number of nitrogens with zero attached hydrogens (tertiary/aromatic N) is 1. The summed E-state index contributed by atoms with van der Waals surface area (Å²) in [5.74, 6) is -0.0217. The highest BCUT2D eigenvalue weighted by Gasteiger charge is 2.27. The van der Waals surface area contributed by atoms with Gasteiger partial charge in [0, 0.05) is 30.3 Å². The topological polar surface area (TPSA) is 55.6 Å². The number of anilines is 1. The van der Waals surface area contributed by atoms with Gasteiger partial charge in [0.25, 0.3) is 5.91 Å². The minimum absolute atomic E-state index is 0.0217. The molecular formula is C15H17ClN2O2S. The summed E-state index contributed by atoms with van der Waals surface area (Å²) in [4.78, 5) is 15.1. The molecule has 1 saturated heterocycles. The monoisotopic (exact) mass is 324 g/mol. The second-order valence-electron chi connectivity index (χ2n) is 5.21. The molecule has 1 fully saturated rings. The van der Waals surface area contributed by atoms with Gasteiger partial charge in [-0.3, -0.25) is 4.79 Å². The zero-order valence-corrected chi connectivity index (χ0v) is 13.3. The summed E-state index contributed by atoms with van der Waals surface area (Å²) in [6, 6.07) is 5.60. The van der Waals surface area contributed by atoms with Crippen molar-refractivity contribution in [3.8, 4) is 0 Å². The fraction of sp³-hybridized carbons (Fsp3) is 0.400. The van der Waals surface area contributed by atoms with Crippen molar-refractivity contribution in [2.45, 2.75) is 18.9 Å². The molecule has 1 aromatic heterocycles. The van der Waals surface area contributed by atoms with Gasteiger partial charge in [0.1, 0.15) is 4.88 Å². The summed E-state index contributed by atoms with van der Waals surface area (Å²) in [6.07, 6.45) is 2.06. The first-order chi connectivity index (χ1) is 10.1. The van der Waals surface area contributed by atoms with Gasteiger partial charge in [-0.05, 0) is 25.0 Å². The predicted octanol–water partition coefficient (Wildman–Crippen LogP) is 3.39. The van der Waals surface area contributed by atoms with Crippen molar-refractivity contribution < 1.29 is 9.53 Å². The molecule has 3 rings (SSSR count). The van der Waals surface area contributed by atoms with Gasteiger partial charge >= 0.3 is 0 Å². The number of methoxy groups -OCH3 is 1. The quantitative estimate of drug-likeness (QED) is 0.921. The van der Waals surface area contributed by atoms with Crippen molar-refractivity contribution in [2.75, 3.05) is 25.9 Å². The van der Waals surface area contributed by atoms with Crippen molar-refractivity contribution in [3.05, 3.63) is 28.1 Å². The number of carbonyl (C=O) groups is 1. The van der Waals surface area contributed by atoms with E-state index < -0.39 is 0 Å². The maximum atomic E-state index is 12.7. The van der Waals surface area contributed by atoms with Gasteiger partial charge < -0.3 is 15.4 Å². The molecule has 0 saturated carbocycles. The number of nitrogens with two attached hydrogens (primary N) is 1. The predicted molar refractivity (Wildman–Crippen MR) is 87.2 cm³/mol. The third kappa shape index (κ3) is 2.61. The molecule has 21 heavy (non-hydrogen) atoms. The van der Waals surface area contributed by atoms with Crippen LogP contribution in [0.3, 0.4) is 0 Å². The zero-order valence-electron chi connectivity index (χ0n) is 11.8. The number of halogens is 1. The molecule has 6 heteroatoms. The number of benzene rings is 1. The highest BCUT2D eigenvalue weighted by molar-refractivity contribution is 7.21. The molecule has 0 spiro atoms. The molecule has 0 aliphatic carbocycles.